The van der Waals surface area contributed by atoms with Crippen LogP contribution in [0.15, 0.2) is 42.5 Å². The van der Waals surface area contributed by atoms with Gasteiger partial charge in [0.1, 0.15) is 5.75 Å². The minimum Gasteiger partial charge on any atom is -0.495 e. The number of hydrogen-bond acceptors (Lipinski definition) is 7. The van der Waals surface area contributed by atoms with Gasteiger partial charge in [-0.15, -0.1) is 0 Å². The van der Waals surface area contributed by atoms with E-state index >= 15 is 0 Å². The highest BCUT2D eigenvalue weighted by Gasteiger charge is 2.13. The lowest BCUT2D eigenvalue weighted by Crippen LogP contribution is -2.20. The van der Waals surface area contributed by atoms with Crippen LogP contribution in [-0.4, -0.2) is 38.3 Å². The van der Waals surface area contributed by atoms with E-state index in [4.69, 9.17) is 18.9 Å². The first kappa shape index (κ1) is 20.7. The van der Waals surface area contributed by atoms with Gasteiger partial charge >= 0.3 is 5.97 Å². The quantitative estimate of drug-likeness (QED) is 0.531. The first-order valence-electron chi connectivity index (χ1n) is 8.94. The predicted molar refractivity (Wildman–Crippen MR) is 108 cm³/mol. The second-order valence-electron chi connectivity index (χ2n) is 6.20. The van der Waals surface area contributed by atoms with Gasteiger partial charge in [-0.3, -0.25) is 9.59 Å². The Balaban J connectivity index is 1.54. The minimum absolute atomic E-state index is 0.165. The Hall–Kier alpha value is -4.01. The highest BCUT2D eigenvalue weighted by molar-refractivity contribution is 5.97. The van der Waals surface area contributed by atoms with Crippen molar-refractivity contribution in [1.82, 2.24) is 0 Å². The predicted octanol–water partition coefficient (Wildman–Crippen LogP) is 2.58. The summed E-state index contributed by atoms with van der Waals surface area (Å²) in [7, 11) is 1.45. The van der Waals surface area contributed by atoms with Gasteiger partial charge in [-0.1, -0.05) is 6.07 Å². The molecule has 0 aliphatic carbocycles. The molecule has 3 rings (SSSR count). The van der Waals surface area contributed by atoms with Crippen LogP contribution < -0.4 is 24.8 Å². The maximum atomic E-state index is 12.1. The summed E-state index contributed by atoms with van der Waals surface area (Å²) in [5.74, 6) is 0.150. The molecule has 156 valence electrons. The Morgan fingerprint density at radius 1 is 1.07 bits per heavy atom. The maximum Gasteiger partial charge on any atom is 0.331 e. The number of methoxy groups -OCH3 is 1. The van der Waals surface area contributed by atoms with Crippen LogP contribution in [0, 0.1) is 0 Å². The zero-order valence-corrected chi connectivity index (χ0v) is 16.4. The van der Waals surface area contributed by atoms with Crippen molar-refractivity contribution in [1.29, 1.82) is 0 Å². The Bertz CT molecular complexity index is 1000. The SMILES string of the molecule is COc1ccc(NC(C)=O)cc1NC(=O)COC(=O)/C=C/c1ccc2c(c1)OCO2. The van der Waals surface area contributed by atoms with Gasteiger partial charge < -0.3 is 29.6 Å². The molecular weight excluding hydrogens is 392 g/mol. The van der Waals surface area contributed by atoms with E-state index < -0.39 is 18.5 Å². The smallest absolute Gasteiger partial charge is 0.331 e. The summed E-state index contributed by atoms with van der Waals surface area (Å²) < 4.78 is 20.6. The van der Waals surface area contributed by atoms with Gasteiger partial charge in [0.15, 0.2) is 18.1 Å². The summed E-state index contributed by atoms with van der Waals surface area (Å²) in [4.78, 5) is 35.2. The lowest BCUT2D eigenvalue weighted by atomic mass is 10.2. The van der Waals surface area contributed by atoms with Crippen molar-refractivity contribution in [2.45, 2.75) is 6.92 Å². The largest absolute Gasteiger partial charge is 0.495 e. The van der Waals surface area contributed by atoms with Gasteiger partial charge in [0, 0.05) is 18.7 Å². The van der Waals surface area contributed by atoms with Crippen molar-refractivity contribution in [2.75, 3.05) is 31.1 Å². The summed E-state index contributed by atoms with van der Waals surface area (Å²) in [5.41, 5.74) is 1.54. The molecule has 0 saturated heterocycles. The number of benzene rings is 2. The van der Waals surface area contributed by atoms with E-state index in [9.17, 15) is 14.4 Å². The summed E-state index contributed by atoms with van der Waals surface area (Å²) >= 11 is 0. The van der Waals surface area contributed by atoms with Crippen LogP contribution in [0.1, 0.15) is 12.5 Å². The van der Waals surface area contributed by atoms with Gasteiger partial charge in [-0.25, -0.2) is 4.79 Å². The van der Waals surface area contributed by atoms with Crippen LogP contribution in [0.4, 0.5) is 11.4 Å². The number of amides is 2. The zero-order chi connectivity index (χ0) is 21.5. The molecule has 1 heterocycles. The average molecular weight is 412 g/mol. The number of nitrogens with one attached hydrogen (secondary N) is 2. The van der Waals surface area contributed by atoms with Crippen molar-refractivity contribution in [3.8, 4) is 17.2 Å². The lowest BCUT2D eigenvalue weighted by molar-refractivity contribution is -0.142. The first-order chi connectivity index (χ1) is 14.4. The molecule has 2 aromatic carbocycles. The third-order valence-electron chi connectivity index (χ3n) is 3.95. The molecule has 2 amide bonds. The number of rotatable bonds is 7. The fourth-order valence-electron chi connectivity index (χ4n) is 2.64. The topological polar surface area (TPSA) is 112 Å². The monoisotopic (exact) mass is 412 g/mol. The molecule has 0 saturated carbocycles. The van der Waals surface area contributed by atoms with E-state index in [1.54, 1.807) is 42.5 Å². The van der Waals surface area contributed by atoms with Crippen LogP contribution in [0.2, 0.25) is 0 Å². The molecule has 0 radical (unpaired) electrons. The number of anilines is 2. The van der Waals surface area contributed by atoms with E-state index in [-0.39, 0.29) is 12.7 Å². The molecule has 30 heavy (non-hydrogen) atoms. The molecular formula is C21H20N2O7. The molecule has 0 fully saturated rings. The van der Waals surface area contributed by atoms with Gasteiger partial charge in [-0.2, -0.15) is 0 Å². The fourth-order valence-corrected chi connectivity index (χ4v) is 2.64. The van der Waals surface area contributed by atoms with Crippen molar-refractivity contribution in [3.05, 3.63) is 48.0 Å². The van der Waals surface area contributed by atoms with Crippen LogP contribution in [0.3, 0.4) is 0 Å². The molecule has 1 aliphatic heterocycles. The van der Waals surface area contributed by atoms with E-state index in [2.05, 4.69) is 10.6 Å². The average Bonchev–Trinajstić information content (AvgIpc) is 3.18. The molecule has 0 atom stereocenters. The molecule has 0 unspecified atom stereocenters. The molecule has 0 aromatic heterocycles. The van der Waals surface area contributed by atoms with Crippen molar-refractivity contribution in [3.63, 3.8) is 0 Å². The summed E-state index contributed by atoms with van der Waals surface area (Å²) in [6.45, 7) is 1.05. The van der Waals surface area contributed by atoms with Gasteiger partial charge in [0.2, 0.25) is 12.7 Å². The Kier molecular flexibility index (Phi) is 6.53. The highest BCUT2D eigenvalue weighted by atomic mass is 16.7. The summed E-state index contributed by atoms with van der Waals surface area (Å²) in [6.07, 6.45) is 2.75. The molecule has 2 aromatic rings. The van der Waals surface area contributed by atoms with E-state index in [0.29, 0.717) is 28.6 Å². The Morgan fingerprint density at radius 3 is 2.63 bits per heavy atom. The molecule has 9 heteroatoms. The minimum atomic E-state index is -0.679. The molecule has 1 aliphatic rings. The van der Waals surface area contributed by atoms with E-state index in [1.165, 1.54) is 20.1 Å². The molecule has 0 spiro atoms. The Morgan fingerprint density at radius 2 is 1.87 bits per heavy atom. The maximum absolute atomic E-state index is 12.1. The fraction of sp³-hybridized carbons (Fsp3) is 0.190. The van der Waals surface area contributed by atoms with Crippen LogP contribution in [0.5, 0.6) is 17.2 Å². The number of ether oxygens (including phenoxy) is 4. The van der Waals surface area contributed by atoms with Crippen molar-refractivity contribution < 1.29 is 33.3 Å². The molecule has 9 nitrogen and oxygen atoms in total. The highest BCUT2D eigenvalue weighted by Crippen LogP contribution is 2.32. The standard InChI is InChI=1S/C21H20N2O7/c1-13(24)22-15-5-7-17(27-2)16(10-15)23-20(25)11-28-21(26)8-4-14-3-6-18-19(9-14)30-12-29-18/h3-10H,11-12H2,1-2H3,(H,22,24)(H,23,25)/b8-4+. The normalized spacial score (nSPS) is 11.8. The van der Waals surface area contributed by atoms with Crippen molar-refractivity contribution in [2.24, 2.45) is 0 Å². The molecule has 0 bridgehead atoms. The number of esters is 1. The first-order valence-corrected chi connectivity index (χ1v) is 8.94. The molecule has 2 N–H and O–H groups in total. The Labute approximate surface area is 172 Å². The zero-order valence-electron chi connectivity index (χ0n) is 16.4. The van der Waals surface area contributed by atoms with E-state index in [0.717, 1.165) is 5.56 Å². The third-order valence-corrected chi connectivity index (χ3v) is 3.95. The lowest BCUT2D eigenvalue weighted by Gasteiger charge is -2.12. The van der Waals surface area contributed by atoms with Crippen LogP contribution in [-0.2, 0) is 19.1 Å². The number of carbonyl (C=O) groups is 3. The second-order valence-corrected chi connectivity index (χ2v) is 6.20. The number of fused-ring (bicyclic) bond motifs is 1. The second kappa shape index (κ2) is 9.46. The van der Waals surface area contributed by atoms with Crippen LogP contribution >= 0.6 is 0 Å². The number of hydrogen-bond donors (Lipinski definition) is 2. The number of carbonyl (C=O) groups excluding carboxylic acids is 3. The van der Waals surface area contributed by atoms with Crippen molar-refractivity contribution >= 4 is 35.2 Å². The van der Waals surface area contributed by atoms with Crippen LogP contribution in [0.25, 0.3) is 6.08 Å². The van der Waals surface area contributed by atoms with Gasteiger partial charge in [-0.05, 0) is 42.0 Å². The van der Waals surface area contributed by atoms with E-state index in [1.807, 2.05) is 0 Å². The van der Waals surface area contributed by atoms with Gasteiger partial charge in [0.25, 0.3) is 5.91 Å². The summed E-state index contributed by atoms with van der Waals surface area (Å²) in [5, 5.41) is 5.20. The summed E-state index contributed by atoms with van der Waals surface area (Å²) in [6, 6.07) is 10.0. The third kappa shape index (κ3) is 5.51. The van der Waals surface area contributed by atoms with Gasteiger partial charge in [0.05, 0.1) is 12.8 Å².